The van der Waals surface area contributed by atoms with Crippen molar-refractivity contribution in [2.24, 2.45) is 0 Å². The van der Waals surface area contributed by atoms with Crippen molar-refractivity contribution >= 4 is 0 Å². The molecular weight excluding hydrogens is 150 g/mol. The number of hydrogen-bond acceptors (Lipinski definition) is 2. The van der Waals surface area contributed by atoms with E-state index in [-0.39, 0.29) is 0 Å². The van der Waals surface area contributed by atoms with E-state index in [4.69, 9.17) is 4.42 Å². The summed E-state index contributed by atoms with van der Waals surface area (Å²) >= 11 is 0. The molecule has 0 aliphatic carbocycles. The van der Waals surface area contributed by atoms with Gasteiger partial charge in [0.1, 0.15) is 5.76 Å². The fraction of sp³-hybridized carbons (Fsp3) is 0.700. The minimum Gasteiger partial charge on any atom is -0.446 e. The first kappa shape index (κ1) is 9.30. The molecule has 0 aliphatic heterocycles. The average molecular weight is 167 g/mol. The van der Waals surface area contributed by atoms with Crippen molar-refractivity contribution in [3.63, 3.8) is 0 Å². The van der Waals surface area contributed by atoms with Gasteiger partial charge in [-0.15, -0.1) is 0 Å². The van der Waals surface area contributed by atoms with Crippen molar-refractivity contribution in [1.82, 2.24) is 4.98 Å². The van der Waals surface area contributed by atoms with Crippen LogP contribution < -0.4 is 0 Å². The SMILES string of the molecule is CCCCc1cnc(CCC)o1. The molecule has 12 heavy (non-hydrogen) atoms. The maximum Gasteiger partial charge on any atom is 0.194 e. The summed E-state index contributed by atoms with van der Waals surface area (Å²) in [5.74, 6) is 1.93. The molecule has 0 aliphatic rings. The van der Waals surface area contributed by atoms with Gasteiger partial charge in [0.25, 0.3) is 0 Å². The molecule has 0 fully saturated rings. The Balaban J connectivity index is 2.41. The van der Waals surface area contributed by atoms with Gasteiger partial charge in [-0.2, -0.15) is 0 Å². The Hall–Kier alpha value is -0.790. The molecule has 0 aromatic carbocycles. The molecule has 0 spiro atoms. The minimum absolute atomic E-state index is 0.892. The number of aromatic nitrogens is 1. The molecule has 0 bridgehead atoms. The van der Waals surface area contributed by atoms with Crippen molar-refractivity contribution < 1.29 is 4.42 Å². The molecule has 0 N–H and O–H groups in total. The van der Waals surface area contributed by atoms with Crippen LogP contribution in [0.15, 0.2) is 10.6 Å². The molecule has 1 aromatic heterocycles. The highest BCUT2D eigenvalue weighted by molar-refractivity contribution is 4.94. The van der Waals surface area contributed by atoms with Crippen molar-refractivity contribution in [3.05, 3.63) is 17.8 Å². The summed E-state index contributed by atoms with van der Waals surface area (Å²) in [7, 11) is 0. The smallest absolute Gasteiger partial charge is 0.194 e. The summed E-state index contributed by atoms with van der Waals surface area (Å²) < 4.78 is 5.52. The Morgan fingerprint density at radius 2 is 2.08 bits per heavy atom. The van der Waals surface area contributed by atoms with Crippen LogP contribution in [0.25, 0.3) is 0 Å². The third-order valence-corrected chi connectivity index (χ3v) is 1.84. The van der Waals surface area contributed by atoms with Crippen LogP contribution in [-0.4, -0.2) is 4.98 Å². The van der Waals surface area contributed by atoms with Crippen LogP contribution in [0.2, 0.25) is 0 Å². The fourth-order valence-corrected chi connectivity index (χ4v) is 1.14. The Labute approximate surface area is 74.0 Å². The van der Waals surface area contributed by atoms with Gasteiger partial charge in [-0.25, -0.2) is 4.98 Å². The molecule has 0 amide bonds. The first-order valence-electron chi connectivity index (χ1n) is 4.80. The van der Waals surface area contributed by atoms with Crippen LogP contribution in [0.1, 0.15) is 44.8 Å². The molecule has 0 atom stereocenters. The molecule has 2 nitrogen and oxygen atoms in total. The highest BCUT2D eigenvalue weighted by Gasteiger charge is 2.01. The summed E-state index contributed by atoms with van der Waals surface area (Å²) in [6.45, 7) is 4.32. The first-order valence-corrected chi connectivity index (χ1v) is 4.80. The zero-order valence-electron chi connectivity index (χ0n) is 7.97. The lowest BCUT2D eigenvalue weighted by Crippen LogP contribution is -1.81. The summed E-state index contributed by atoms with van der Waals surface area (Å²) in [5.41, 5.74) is 0. The van der Waals surface area contributed by atoms with Gasteiger partial charge >= 0.3 is 0 Å². The summed E-state index contributed by atoms with van der Waals surface area (Å²) in [5, 5.41) is 0. The van der Waals surface area contributed by atoms with E-state index in [1.165, 1.54) is 12.8 Å². The number of rotatable bonds is 5. The second-order valence-corrected chi connectivity index (χ2v) is 3.07. The molecule has 2 heteroatoms. The Bertz CT molecular complexity index is 217. The van der Waals surface area contributed by atoms with Crippen molar-refractivity contribution in [2.45, 2.75) is 46.0 Å². The molecule has 68 valence electrons. The highest BCUT2D eigenvalue weighted by Crippen LogP contribution is 2.08. The number of oxazole rings is 1. The van der Waals surface area contributed by atoms with Gasteiger partial charge in [0.2, 0.25) is 0 Å². The molecule has 0 saturated carbocycles. The second-order valence-electron chi connectivity index (χ2n) is 3.07. The van der Waals surface area contributed by atoms with Gasteiger partial charge in [0.05, 0.1) is 6.20 Å². The zero-order valence-corrected chi connectivity index (χ0v) is 7.97. The van der Waals surface area contributed by atoms with Crippen molar-refractivity contribution in [1.29, 1.82) is 0 Å². The number of nitrogens with zero attached hydrogens (tertiary/aromatic N) is 1. The number of hydrogen-bond donors (Lipinski definition) is 0. The van der Waals surface area contributed by atoms with Crippen molar-refractivity contribution in [3.8, 4) is 0 Å². The predicted molar refractivity (Wildman–Crippen MR) is 49.1 cm³/mol. The van der Waals surface area contributed by atoms with Crippen LogP contribution in [0.5, 0.6) is 0 Å². The minimum atomic E-state index is 0.892. The van der Waals surface area contributed by atoms with Crippen LogP contribution in [0.3, 0.4) is 0 Å². The van der Waals surface area contributed by atoms with E-state index in [1.54, 1.807) is 0 Å². The Morgan fingerprint density at radius 1 is 1.25 bits per heavy atom. The maximum absolute atomic E-state index is 5.52. The van der Waals surface area contributed by atoms with Gasteiger partial charge in [-0.3, -0.25) is 0 Å². The molecule has 1 heterocycles. The molecule has 1 aromatic rings. The first-order chi connectivity index (χ1) is 5.86. The third kappa shape index (κ3) is 2.68. The molecule has 0 saturated heterocycles. The van der Waals surface area contributed by atoms with Gasteiger partial charge in [-0.05, 0) is 12.8 Å². The lowest BCUT2D eigenvalue weighted by Gasteiger charge is -1.92. The average Bonchev–Trinajstić information content (AvgIpc) is 2.50. The largest absolute Gasteiger partial charge is 0.446 e. The second kappa shape index (κ2) is 4.96. The van der Waals surface area contributed by atoms with Gasteiger partial charge in [0, 0.05) is 12.8 Å². The van der Waals surface area contributed by atoms with E-state index in [0.717, 1.165) is 30.9 Å². The maximum atomic E-state index is 5.52. The van der Waals surface area contributed by atoms with E-state index in [2.05, 4.69) is 18.8 Å². The lowest BCUT2D eigenvalue weighted by atomic mass is 10.2. The normalized spacial score (nSPS) is 10.5. The van der Waals surface area contributed by atoms with Gasteiger partial charge in [0.15, 0.2) is 5.89 Å². The molecular formula is C10H17NO. The quantitative estimate of drug-likeness (QED) is 0.673. The van der Waals surface area contributed by atoms with Crippen LogP contribution in [0, 0.1) is 0 Å². The van der Waals surface area contributed by atoms with E-state index < -0.39 is 0 Å². The Kier molecular flexibility index (Phi) is 3.85. The van der Waals surface area contributed by atoms with Gasteiger partial charge in [-0.1, -0.05) is 20.3 Å². The van der Waals surface area contributed by atoms with E-state index in [1.807, 2.05) is 6.20 Å². The summed E-state index contributed by atoms with van der Waals surface area (Å²) in [6.07, 6.45) is 7.37. The monoisotopic (exact) mass is 167 g/mol. The Morgan fingerprint density at radius 3 is 2.75 bits per heavy atom. The van der Waals surface area contributed by atoms with E-state index in [9.17, 15) is 0 Å². The molecule has 0 radical (unpaired) electrons. The zero-order chi connectivity index (χ0) is 8.81. The summed E-state index contributed by atoms with van der Waals surface area (Å²) in [4.78, 5) is 4.19. The van der Waals surface area contributed by atoms with E-state index >= 15 is 0 Å². The van der Waals surface area contributed by atoms with Crippen LogP contribution in [0.4, 0.5) is 0 Å². The molecule has 0 unspecified atom stereocenters. The van der Waals surface area contributed by atoms with Crippen LogP contribution >= 0.6 is 0 Å². The fourth-order valence-electron chi connectivity index (χ4n) is 1.14. The molecule has 1 rings (SSSR count). The topological polar surface area (TPSA) is 26.0 Å². The highest BCUT2D eigenvalue weighted by atomic mass is 16.4. The standard InChI is InChI=1S/C10H17NO/c1-3-5-7-9-8-11-10(12-9)6-4-2/h8H,3-7H2,1-2H3. The van der Waals surface area contributed by atoms with E-state index in [0.29, 0.717) is 0 Å². The lowest BCUT2D eigenvalue weighted by molar-refractivity contribution is 0.447. The predicted octanol–water partition coefficient (Wildman–Crippen LogP) is 2.97. The third-order valence-electron chi connectivity index (χ3n) is 1.84. The van der Waals surface area contributed by atoms with Crippen LogP contribution in [-0.2, 0) is 12.8 Å². The number of unbranched alkanes of at least 4 members (excludes halogenated alkanes) is 1. The summed E-state index contributed by atoms with van der Waals surface area (Å²) in [6, 6.07) is 0. The van der Waals surface area contributed by atoms with Crippen molar-refractivity contribution in [2.75, 3.05) is 0 Å². The van der Waals surface area contributed by atoms with Gasteiger partial charge < -0.3 is 4.42 Å². The number of aryl methyl sites for hydroxylation is 2.